The number of sulfone groups is 1. The fraction of sp³-hybridized carbons (Fsp3) is 0.433. The monoisotopic (exact) mass is 538 g/mol. The number of Topliss-reactive ketones (excluding diaryl/α,β-unsaturated/α-hetero) is 1. The number of nitrogens with one attached hydrogen (secondary N) is 2. The van der Waals surface area contributed by atoms with E-state index >= 15 is 0 Å². The van der Waals surface area contributed by atoms with Crippen molar-refractivity contribution >= 4 is 27.4 Å². The van der Waals surface area contributed by atoms with Crippen LogP contribution in [0.4, 0.5) is 0 Å². The third-order valence-corrected chi connectivity index (χ3v) is 8.18. The van der Waals surface area contributed by atoms with Crippen LogP contribution in [0.1, 0.15) is 57.9 Å². The van der Waals surface area contributed by atoms with Crippen molar-refractivity contribution in [2.45, 2.75) is 75.8 Å². The van der Waals surface area contributed by atoms with E-state index in [0.717, 1.165) is 11.0 Å². The number of hydrogen-bond acceptors (Lipinski definition) is 5. The molecule has 2 aromatic carbocycles. The van der Waals surface area contributed by atoms with Gasteiger partial charge in [-0.2, -0.15) is 0 Å². The topological polar surface area (TPSA) is 109 Å². The molecule has 2 aromatic rings. The van der Waals surface area contributed by atoms with Gasteiger partial charge in [-0.3, -0.25) is 14.4 Å². The second-order valence-electron chi connectivity index (χ2n) is 10.3. The Morgan fingerprint density at radius 3 is 2.16 bits per heavy atom. The van der Waals surface area contributed by atoms with Crippen LogP contribution < -0.4 is 10.6 Å². The van der Waals surface area contributed by atoms with Crippen LogP contribution in [-0.2, 0) is 30.6 Å². The molecule has 7 nitrogen and oxygen atoms in total. The molecule has 0 aromatic heterocycles. The number of carbonyl (C=O) groups excluding carboxylic acids is 3. The summed E-state index contributed by atoms with van der Waals surface area (Å²) in [7, 11) is -3.68. The number of rotatable bonds is 12. The number of aryl methyl sites for hydroxylation is 1. The molecule has 2 amide bonds. The molecule has 2 N–H and O–H groups in total. The number of amides is 2. The van der Waals surface area contributed by atoms with Crippen molar-refractivity contribution in [3.63, 3.8) is 0 Å². The van der Waals surface area contributed by atoms with Gasteiger partial charge in [-0.05, 0) is 55.7 Å². The minimum atomic E-state index is -3.68. The molecule has 0 heterocycles. The van der Waals surface area contributed by atoms with Crippen molar-refractivity contribution in [2.24, 2.45) is 11.8 Å². The SMILES string of the molecule is CC(C)C[C@H](NC(=O)C1CCC(=O)CC1)C(=O)N[C@H](/C=C/S(=O)(=O)c1ccccc1)CCc1ccccc1. The van der Waals surface area contributed by atoms with E-state index < -0.39 is 21.9 Å². The van der Waals surface area contributed by atoms with Crippen molar-refractivity contribution in [3.05, 3.63) is 77.7 Å². The van der Waals surface area contributed by atoms with Crippen LogP contribution in [0.15, 0.2) is 77.0 Å². The van der Waals surface area contributed by atoms with Gasteiger partial charge in [-0.25, -0.2) is 8.42 Å². The maximum absolute atomic E-state index is 13.4. The summed E-state index contributed by atoms with van der Waals surface area (Å²) < 4.78 is 25.7. The minimum Gasteiger partial charge on any atom is -0.348 e. The molecule has 204 valence electrons. The molecule has 38 heavy (non-hydrogen) atoms. The summed E-state index contributed by atoms with van der Waals surface area (Å²) in [6, 6.07) is 16.6. The fourth-order valence-corrected chi connectivity index (χ4v) is 5.64. The highest BCUT2D eigenvalue weighted by Gasteiger charge is 2.29. The standard InChI is InChI=1S/C30H38N2O5S/c1-22(2)21-28(32-29(34)24-14-17-26(33)18-15-24)30(35)31-25(16-13-23-9-5-3-6-10-23)19-20-38(36,37)27-11-7-4-8-12-27/h3-12,19-20,22,24-25,28H,13-18,21H2,1-2H3,(H,31,35)(H,32,34)/b20-19+/t25-,28-/m0/s1. The molecule has 1 fully saturated rings. The quantitative estimate of drug-likeness (QED) is 0.417. The minimum absolute atomic E-state index is 0.149. The zero-order valence-electron chi connectivity index (χ0n) is 22.1. The Hall–Kier alpha value is -3.26. The van der Waals surface area contributed by atoms with Gasteiger partial charge in [0.25, 0.3) is 0 Å². The molecule has 2 atom stereocenters. The second kappa shape index (κ2) is 14.0. The van der Waals surface area contributed by atoms with Gasteiger partial charge in [0, 0.05) is 30.2 Å². The van der Waals surface area contributed by atoms with E-state index in [-0.39, 0.29) is 34.3 Å². The van der Waals surface area contributed by atoms with Gasteiger partial charge in [0.1, 0.15) is 11.8 Å². The predicted octanol–water partition coefficient (Wildman–Crippen LogP) is 4.38. The summed E-state index contributed by atoms with van der Waals surface area (Å²) in [5.41, 5.74) is 1.07. The van der Waals surface area contributed by atoms with Gasteiger partial charge in [0.05, 0.1) is 4.90 Å². The molecule has 0 spiro atoms. The molecule has 0 aliphatic heterocycles. The summed E-state index contributed by atoms with van der Waals surface area (Å²) in [6.07, 6.45) is 4.87. The lowest BCUT2D eigenvalue weighted by molar-refractivity contribution is -0.133. The lowest BCUT2D eigenvalue weighted by Gasteiger charge is -2.26. The molecule has 0 radical (unpaired) electrons. The Morgan fingerprint density at radius 2 is 1.55 bits per heavy atom. The van der Waals surface area contributed by atoms with Crippen LogP contribution in [0.25, 0.3) is 0 Å². The molecule has 3 rings (SSSR count). The molecule has 0 unspecified atom stereocenters. The Morgan fingerprint density at radius 1 is 0.947 bits per heavy atom. The lowest BCUT2D eigenvalue weighted by Crippen LogP contribution is -2.51. The van der Waals surface area contributed by atoms with Gasteiger partial charge in [-0.1, -0.05) is 68.5 Å². The van der Waals surface area contributed by atoms with Crippen molar-refractivity contribution in [3.8, 4) is 0 Å². The highest BCUT2D eigenvalue weighted by atomic mass is 32.2. The molecular formula is C30H38N2O5S. The average Bonchev–Trinajstić information content (AvgIpc) is 2.91. The van der Waals surface area contributed by atoms with Crippen LogP contribution in [-0.4, -0.2) is 38.1 Å². The highest BCUT2D eigenvalue weighted by molar-refractivity contribution is 7.94. The molecule has 0 bridgehead atoms. The van der Waals surface area contributed by atoms with Crippen molar-refractivity contribution in [1.82, 2.24) is 10.6 Å². The fourth-order valence-electron chi connectivity index (χ4n) is 4.55. The zero-order chi connectivity index (χ0) is 27.5. The van der Waals surface area contributed by atoms with Crippen molar-refractivity contribution in [2.75, 3.05) is 0 Å². The first kappa shape index (κ1) is 29.3. The van der Waals surface area contributed by atoms with Crippen LogP contribution in [0, 0.1) is 11.8 Å². The van der Waals surface area contributed by atoms with Gasteiger partial charge in [0.2, 0.25) is 11.8 Å². The third-order valence-electron chi connectivity index (χ3n) is 6.73. The Balaban J connectivity index is 1.75. The van der Waals surface area contributed by atoms with Crippen molar-refractivity contribution < 1.29 is 22.8 Å². The number of carbonyl (C=O) groups is 3. The summed E-state index contributed by atoms with van der Waals surface area (Å²) in [6.45, 7) is 3.95. The van der Waals surface area contributed by atoms with Crippen molar-refractivity contribution in [1.29, 1.82) is 0 Å². The first-order valence-corrected chi connectivity index (χ1v) is 14.8. The van der Waals surface area contributed by atoms with E-state index in [1.165, 1.54) is 18.2 Å². The Labute approximate surface area is 226 Å². The van der Waals surface area contributed by atoms with Crippen LogP contribution in [0.5, 0.6) is 0 Å². The number of ketones is 1. The Kier molecular flexibility index (Phi) is 10.8. The van der Waals surface area contributed by atoms with Crippen LogP contribution in [0.3, 0.4) is 0 Å². The maximum atomic E-state index is 13.4. The largest absolute Gasteiger partial charge is 0.348 e. The lowest BCUT2D eigenvalue weighted by atomic mass is 9.87. The maximum Gasteiger partial charge on any atom is 0.243 e. The van der Waals surface area contributed by atoms with Gasteiger partial charge in [0.15, 0.2) is 9.84 Å². The highest BCUT2D eigenvalue weighted by Crippen LogP contribution is 2.22. The molecule has 1 aliphatic rings. The van der Waals surface area contributed by atoms with E-state index in [1.54, 1.807) is 18.2 Å². The summed E-state index contributed by atoms with van der Waals surface area (Å²) in [4.78, 5) is 38.1. The number of benzene rings is 2. The number of hydrogen-bond donors (Lipinski definition) is 2. The van der Waals surface area contributed by atoms with Gasteiger partial charge in [-0.15, -0.1) is 0 Å². The zero-order valence-corrected chi connectivity index (χ0v) is 23.0. The normalized spacial score (nSPS) is 16.3. The first-order valence-electron chi connectivity index (χ1n) is 13.3. The molecule has 8 heteroatoms. The smallest absolute Gasteiger partial charge is 0.243 e. The van der Waals surface area contributed by atoms with Crippen LogP contribution in [0.2, 0.25) is 0 Å². The van der Waals surface area contributed by atoms with E-state index in [9.17, 15) is 22.8 Å². The molecule has 0 saturated heterocycles. The second-order valence-corrected chi connectivity index (χ2v) is 12.2. The summed E-state index contributed by atoms with van der Waals surface area (Å²) in [5.74, 6) is -0.514. The Bertz CT molecular complexity index is 1200. The van der Waals surface area contributed by atoms with E-state index in [0.29, 0.717) is 44.9 Å². The summed E-state index contributed by atoms with van der Waals surface area (Å²) in [5, 5.41) is 7.02. The molecular weight excluding hydrogens is 500 g/mol. The third kappa shape index (κ3) is 9.24. The van der Waals surface area contributed by atoms with E-state index in [1.807, 2.05) is 44.2 Å². The first-order chi connectivity index (χ1) is 18.1. The molecule has 1 saturated carbocycles. The van der Waals surface area contributed by atoms with Gasteiger partial charge >= 0.3 is 0 Å². The van der Waals surface area contributed by atoms with Crippen LogP contribution >= 0.6 is 0 Å². The average molecular weight is 539 g/mol. The molecule has 1 aliphatic carbocycles. The summed E-state index contributed by atoms with van der Waals surface area (Å²) >= 11 is 0. The predicted molar refractivity (Wildman–Crippen MR) is 148 cm³/mol. The van der Waals surface area contributed by atoms with Gasteiger partial charge < -0.3 is 10.6 Å². The van der Waals surface area contributed by atoms with E-state index in [4.69, 9.17) is 0 Å². The van der Waals surface area contributed by atoms with E-state index in [2.05, 4.69) is 10.6 Å².